The summed E-state index contributed by atoms with van der Waals surface area (Å²) in [5.74, 6) is 0.751. The van der Waals surface area contributed by atoms with E-state index in [-0.39, 0.29) is 0 Å². The molecule has 0 aromatic heterocycles. The molecule has 1 unspecified atom stereocenters. The standard InChI is InChI=1S/C14H32N2/c1-6-14(7-2)16(11-12(3)4)13(5)9-8-10-15/h12-14H,6-11,15H2,1-5H3. The summed E-state index contributed by atoms with van der Waals surface area (Å²) in [6.07, 6.45) is 4.90. The van der Waals surface area contributed by atoms with Gasteiger partial charge in [-0.2, -0.15) is 0 Å². The maximum Gasteiger partial charge on any atom is 0.00929 e. The van der Waals surface area contributed by atoms with E-state index < -0.39 is 0 Å². The summed E-state index contributed by atoms with van der Waals surface area (Å²) in [5.41, 5.74) is 5.60. The molecule has 0 aliphatic rings. The average molecular weight is 228 g/mol. The van der Waals surface area contributed by atoms with Gasteiger partial charge in [-0.1, -0.05) is 27.7 Å². The Morgan fingerprint density at radius 1 is 1.06 bits per heavy atom. The lowest BCUT2D eigenvalue weighted by atomic mass is 10.0. The molecule has 0 amide bonds. The molecule has 0 saturated carbocycles. The van der Waals surface area contributed by atoms with Gasteiger partial charge in [-0.3, -0.25) is 4.90 Å². The van der Waals surface area contributed by atoms with E-state index in [0.717, 1.165) is 24.9 Å². The number of nitrogens with two attached hydrogens (primary N) is 1. The highest BCUT2D eigenvalue weighted by Gasteiger charge is 2.21. The van der Waals surface area contributed by atoms with Gasteiger partial charge in [-0.25, -0.2) is 0 Å². The molecule has 0 aliphatic heterocycles. The van der Waals surface area contributed by atoms with Crippen LogP contribution in [0.4, 0.5) is 0 Å². The van der Waals surface area contributed by atoms with Crippen LogP contribution in [0.15, 0.2) is 0 Å². The topological polar surface area (TPSA) is 29.3 Å². The van der Waals surface area contributed by atoms with E-state index in [2.05, 4.69) is 39.5 Å². The number of nitrogens with zero attached hydrogens (tertiary/aromatic N) is 1. The Morgan fingerprint density at radius 2 is 1.62 bits per heavy atom. The Morgan fingerprint density at radius 3 is 2.00 bits per heavy atom. The fourth-order valence-corrected chi connectivity index (χ4v) is 2.45. The summed E-state index contributed by atoms with van der Waals surface area (Å²) >= 11 is 0. The van der Waals surface area contributed by atoms with Crippen LogP contribution < -0.4 is 5.73 Å². The molecule has 16 heavy (non-hydrogen) atoms. The molecule has 0 saturated heterocycles. The van der Waals surface area contributed by atoms with Crippen LogP contribution in [0, 0.1) is 5.92 Å². The summed E-state index contributed by atoms with van der Waals surface area (Å²) in [4.78, 5) is 2.69. The number of hydrogen-bond donors (Lipinski definition) is 1. The van der Waals surface area contributed by atoms with Gasteiger partial charge in [0.1, 0.15) is 0 Å². The molecule has 1 atom stereocenters. The van der Waals surface area contributed by atoms with Crippen molar-refractivity contribution in [1.29, 1.82) is 0 Å². The van der Waals surface area contributed by atoms with E-state index in [1.165, 1.54) is 25.8 Å². The molecule has 2 heteroatoms. The van der Waals surface area contributed by atoms with Gasteiger partial charge in [-0.15, -0.1) is 0 Å². The third-order valence-electron chi connectivity index (χ3n) is 3.38. The highest BCUT2D eigenvalue weighted by atomic mass is 15.2. The molecular formula is C14H32N2. The first kappa shape index (κ1) is 15.9. The molecule has 0 aliphatic carbocycles. The predicted octanol–water partition coefficient (Wildman–Crippen LogP) is 3.26. The van der Waals surface area contributed by atoms with Crippen LogP contribution in [0.5, 0.6) is 0 Å². The second-order valence-electron chi connectivity index (χ2n) is 5.34. The van der Waals surface area contributed by atoms with Crippen molar-refractivity contribution in [3.63, 3.8) is 0 Å². The first-order valence-electron chi connectivity index (χ1n) is 7.02. The van der Waals surface area contributed by atoms with Gasteiger partial charge < -0.3 is 5.73 Å². The van der Waals surface area contributed by atoms with Crippen molar-refractivity contribution in [2.75, 3.05) is 13.1 Å². The van der Waals surface area contributed by atoms with Crippen LogP contribution in [0.1, 0.15) is 60.3 Å². The van der Waals surface area contributed by atoms with Gasteiger partial charge in [0.25, 0.3) is 0 Å². The second-order valence-corrected chi connectivity index (χ2v) is 5.34. The smallest absolute Gasteiger partial charge is 0.00929 e. The minimum Gasteiger partial charge on any atom is -0.330 e. The molecule has 0 bridgehead atoms. The van der Waals surface area contributed by atoms with Gasteiger partial charge >= 0.3 is 0 Å². The molecule has 0 aromatic carbocycles. The van der Waals surface area contributed by atoms with Crippen molar-refractivity contribution >= 4 is 0 Å². The Bertz CT molecular complexity index is 153. The zero-order valence-corrected chi connectivity index (χ0v) is 12.0. The zero-order valence-electron chi connectivity index (χ0n) is 12.0. The Labute approximate surface area is 103 Å². The third kappa shape index (κ3) is 5.86. The summed E-state index contributed by atoms with van der Waals surface area (Å²) in [5, 5.41) is 0. The minimum atomic E-state index is 0.677. The fourth-order valence-electron chi connectivity index (χ4n) is 2.45. The molecule has 0 fully saturated rings. The van der Waals surface area contributed by atoms with Gasteiger partial charge in [-0.05, 0) is 45.1 Å². The van der Waals surface area contributed by atoms with Gasteiger partial charge in [0.15, 0.2) is 0 Å². The van der Waals surface area contributed by atoms with E-state index >= 15 is 0 Å². The van der Waals surface area contributed by atoms with Crippen molar-refractivity contribution < 1.29 is 0 Å². The van der Waals surface area contributed by atoms with Crippen LogP contribution in [-0.4, -0.2) is 30.1 Å². The van der Waals surface area contributed by atoms with E-state index in [4.69, 9.17) is 5.73 Å². The monoisotopic (exact) mass is 228 g/mol. The summed E-state index contributed by atoms with van der Waals surface area (Å²) in [7, 11) is 0. The maximum atomic E-state index is 5.60. The van der Waals surface area contributed by atoms with Crippen LogP contribution in [0.25, 0.3) is 0 Å². The van der Waals surface area contributed by atoms with Gasteiger partial charge in [0, 0.05) is 18.6 Å². The summed E-state index contributed by atoms with van der Waals surface area (Å²) in [6.45, 7) is 13.6. The van der Waals surface area contributed by atoms with E-state index in [9.17, 15) is 0 Å². The molecule has 0 radical (unpaired) electrons. The Kier molecular flexibility index (Phi) is 8.96. The SMILES string of the molecule is CCC(CC)N(CC(C)C)C(C)CCCN. The van der Waals surface area contributed by atoms with Gasteiger partial charge in [0.2, 0.25) is 0 Å². The predicted molar refractivity (Wildman–Crippen MR) is 73.7 cm³/mol. The first-order valence-corrected chi connectivity index (χ1v) is 7.02. The summed E-state index contributed by atoms with van der Waals surface area (Å²) < 4.78 is 0. The first-order chi connectivity index (χ1) is 7.56. The largest absolute Gasteiger partial charge is 0.330 e. The van der Waals surface area contributed by atoms with E-state index in [1.807, 2.05) is 0 Å². The third-order valence-corrected chi connectivity index (χ3v) is 3.38. The zero-order chi connectivity index (χ0) is 12.6. The van der Waals surface area contributed by atoms with E-state index in [0.29, 0.717) is 6.04 Å². The summed E-state index contributed by atoms with van der Waals surface area (Å²) in [6, 6.07) is 1.42. The van der Waals surface area contributed by atoms with Crippen LogP contribution >= 0.6 is 0 Å². The molecule has 0 rings (SSSR count). The van der Waals surface area contributed by atoms with Crippen molar-refractivity contribution in [3.8, 4) is 0 Å². The highest BCUT2D eigenvalue weighted by molar-refractivity contribution is 4.76. The fraction of sp³-hybridized carbons (Fsp3) is 1.00. The van der Waals surface area contributed by atoms with Gasteiger partial charge in [0.05, 0.1) is 0 Å². The lowest BCUT2D eigenvalue weighted by molar-refractivity contribution is 0.112. The lowest BCUT2D eigenvalue weighted by Gasteiger charge is -2.37. The second kappa shape index (κ2) is 9.00. The molecule has 98 valence electrons. The normalized spacial score (nSPS) is 14.1. The van der Waals surface area contributed by atoms with Crippen molar-refractivity contribution in [2.45, 2.75) is 72.4 Å². The molecular weight excluding hydrogens is 196 g/mol. The number of hydrogen-bond acceptors (Lipinski definition) is 2. The highest BCUT2D eigenvalue weighted by Crippen LogP contribution is 2.17. The van der Waals surface area contributed by atoms with Crippen molar-refractivity contribution in [1.82, 2.24) is 4.90 Å². The Hall–Kier alpha value is -0.0800. The minimum absolute atomic E-state index is 0.677. The molecule has 0 aromatic rings. The molecule has 0 heterocycles. The van der Waals surface area contributed by atoms with Crippen LogP contribution in [0.3, 0.4) is 0 Å². The van der Waals surface area contributed by atoms with Crippen LogP contribution in [0.2, 0.25) is 0 Å². The lowest BCUT2D eigenvalue weighted by Crippen LogP contribution is -2.43. The van der Waals surface area contributed by atoms with E-state index in [1.54, 1.807) is 0 Å². The average Bonchev–Trinajstić information content (AvgIpc) is 2.25. The molecule has 2 N–H and O–H groups in total. The number of rotatable bonds is 9. The van der Waals surface area contributed by atoms with Crippen molar-refractivity contribution in [3.05, 3.63) is 0 Å². The Balaban J connectivity index is 4.38. The van der Waals surface area contributed by atoms with Crippen molar-refractivity contribution in [2.24, 2.45) is 11.7 Å². The maximum absolute atomic E-state index is 5.60. The molecule has 0 spiro atoms. The quantitative estimate of drug-likeness (QED) is 0.656. The molecule has 2 nitrogen and oxygen atoms in total. The van der Waals surface area contributed by atoms with Crippen LogP contribution in [-0.2, 0) is 0 Å².